The van der Waals surface area contributed by atoms with Gasteiger partial charge in [-0.15, -0.1) is 0 Å². The van der Waals surface area contributed by atoms with Crippen molar-refractivity contribution in [2.75, 3.05) is 11.9 Å². The Morgan fingerprint density at radius 3 is 2.36 bits per heavy atom. The third kappa shape index (κ3) is 6.57. The molecule has 2 aromatic carbocycles. The summed E-state index contributed by atoms with van der Waals surface area (Å²) in [5, 5.41) is 12.3. The largest absolute Gasteiger partial charge is 0.493 e. The van der Waals surface area contributed by atoms with E-state index in [0.29, 0.717) is 30.2 Å². The number of rotatable bonds is 8. The SMILES string of the molecule is CC(C)(C)c1cc(Cl)ccc1OCCCCC(=O)Nc1ccc(C(=O)O)cc1. The summed E-state index contributed by atoms with van der Waals surface area (Å²) in [5.74, 6) is -0.280. The fourth-order valence-corrected chi connectivity index (χ4v) is 2.88. The number of nitrogens with one attached hydrogen (secondary N) is 1. The zero-order valence-corrected chi connectivity index (χ0v) is 17.2. The minimum absolute atomic E-state index is 0.0731. The van der Waals surface area contributed by atoms with Crippen LogP contribution in [-0.4, -0.2) is 23.6 Å². The van der Waals surface area contributed by atoms with Crippen LogP contribution in [0.5, 0.6) is 5.75 Å². The molecule has 5 nitrogen and oxygen atoms in total. The molecular weight excluding hydrogens is 378 g/mol. The summed E-state index contributed by atoms with van der Waals surface area (Å²) in [6.45, 7) is 6.85. The van der Waals surface area contributed by atoms with Gasteiger partial charge in [-0.25, -0.2) is 4.79 Å². The summed E-state index contributed by atoms with van der Waals surface area (Å²) in [4.78, 5) is 22.8. The van der Waals surface area contributed by atoms with E-state index in [4.69, 9.17) is 21.4 Å². The molecule has 0 atom stereocenters. The lowest BCUT2D eigenvalue weighted by Crippen LogP contribution is -2.14. The Morgan fingerprint density at radius 1 is 1.07 bits per heavy atom. The Balaban J connectivity index is 1.76. The number of hydrogen-bond donors (Lipinski definition) is 2. The maximum atomic E-state index is 12.0. The van der Waals surface area contributed by atoms with Crippen LogP contribution in [0.25, 0.3) is 0 Å². The van der Waals surface area contributed by atoms with E-state index in [-0.39, 0.29) is 16.9 Å². The number of carboxylic acid groups (broad SMARTS) is 1. The second kappa shape index (κ2) is 9.60. The number of aromatic carboxylic acids is 1. The van der Waals surface area contributed by atoms with E-state index in [9.17, 15) is 9.59 Å². The van der Waals surface area contributed by atoms with Crippen molar-refractivity contribution in [2.45, 2.75) is 45.4 Å². The molecule has 0 aliphatic carbocycles. The Bertz CT molecular complexity index is 825. The van der Waals surface area contributed by atoms with Crippen LogP contribution in [0, 0.1) is 0 Å². The van der Waals surface area contributed by atoms with Crippen molar-refractivity contribution in [2.24, 2.45) is 0 Å². The third-order valence-corrected chi connectivity index (χ3v) is 4.46. The van der Waals surface area contributed by atoms with Gasteiger partial charge in [-0.3, -0.25) is 4.79 Å². The monoisotopic (exact) mass is 403 g/mol. The summed E-state index contributed by atoms with van der Waals surface area (Å²) in [7, 11) is 0. The van der Waals surface area contributed by atoms with Gasteiger partial charge in [-0.2, -0.15) is 0 Å². The number of carbonyl (C=O) groups excluding carboxylic acids is 1. The molecule has 2 N–H and O–H groups in total. The minimum atomic E-state index is -0.992. The molecular formula is C22H26ClNO4. The van der Waals surface area contributed by atoms with Crippen LogP contribution >= 0.6 is 11.6 Å². The van der Waals surface area contributed by atoms with E-state index in [1.807, 2.05) is 18.2 Å². The molecule has 1 amide bonds. The Hall–Kier alpha value is -2.53. The van der Waals surface area contributed by atoms with Crippen molar-refractivity contribution >= 4 is 29.2 Å². The highest BCUT2D eigenvalue weighted by Crippen LogP contribution is 2.33. The lowest BCUT2D eigenvalue weighted by Gasteiger charge is -2.23. The number of carboxylic acids is 1. The topological polar surface area (TPSA) is 75.6 Å². The van der Waals surface area contributed by atoms with Gasteiger partial charge in [-0.05, 0) is 60.7 Å². The maximum absolute atomic E-state index is 12.0. The molecule has 2 rings (SSSR count). The van der Waals surface area contributed by atoms with Crippen molar-refractivity contribution in [3.8, 4) is 5.75 Å². The molecule has 28 heavy (non-hydrogen) atoms. The highest BCUT2D eigenvalue weighted by Gasteiger charge is 2.19. The van der Waals surface area contributed by atoms with E-state index in [1.54, 1.807) is 12.1 Å². The zero-order chi connectivity index (χ0) is 20.7. The first-order chi connectivity index (χ1) is 13.2. The number of anilines is 1. The van der Waals surface area contributed by atoms with Crippen molar-refractivity contribution in [3.63, 3.8) is 0 Å². The fourth-order valence-electron chi connectivity index (χ4n) is 2.70. The van der Waals surface area contributed by atoms with Crippen LogP contribution in [0.3, 0.4) is 0 Å². The lowest BCUT2D eigenvalue weighted by molar-refractivity contribution is -0.116. The summed E-state index contributed by atoms with van der Waals surface area (Å²) in [6, 6.07) is 11.7. The average molecular weight is 404 g/mol. The molecule has 0 aliphatic heterocycles. The van der Waals surface area contributed by atoms with E-state index in [0.717, 1.165) is 17.7 Å². The Labute approximate surface area is 170 Å². The predicted molar refractivity (Wildman–Crippen MR) is 112 cm³/mol. The van der Waals surface area contributed by atoms with Crippen LogP contribution in [0.15, 0.2) is 42.5 Å². The third-order valence-electron chi connectivity index (χ3n) is 4.22. The van der Waals surface area contributed by atoms with Crippen LogP contribution in [-0.2, 0) is 10.2 Å². The fraction of sp³-hybridized carbons (Fsp3) is 0.364. The first-order valence-electron chi connectivity index (χ1n) is 9.23. The van der Waals surface area contributed by atoms with Crippen LogP contribution in [0.2, 0.25) is 5.02 Å². The summed E-state index contributed by atoms with van der Waals surface area (Å²) >= 11 is 6.10. The number of unbranched alkanes of at least 4 members (excludes halogenated alkanes) is 1. The molecule has 0 bridgehead atoms. The minimum Gasteiger partial charge on any atom is -0.493 e. The lowest BCUT2D eigenvalue weighted by atomic mass is 9.86. The van der Waals surface area contributed by atoms with Crippen LogP contribution in [0.4, 0.5) is 5.69 Å². The highest BCUT2D eigenvalue weighted by atomic mass is 35.5. The molecule has 0 unspecified atom stereocenters. The van der Waals surface area contributed by atoms with Gasteiger partial charge in [0.1, 0.15) is 5.75 Å². The van der Waals surface area contributed by atoms with Gasteiger partial charge in [0.05, 0.1) is 12.2 Å². The van der Waals surface area contributed by atoms with Crippen molar-refractivity contribution in [1.82, 2.24) is 0 Å². The van der Waals surface area contributed by atoms with Crippen molar-refractivity contribution in [1.29, 1.82) is 0 Å². The molecule has 0 heterocycles. The molecule has 6 heteroatoms. The zero-order valence-electron chi connectivity index (χ0n) is 16.4. The second-order valence-electron chi connectivity index (χ2n) is 7.63. The molecule has 0 saturated carbocycles. The Morgan fingerprint density at radius 2 is 1.75 bits per heavy atom. The summed E-state index contributed by atoms with van der Waals surface area (Å²) in [5.41, 5.74) is 1.76. The quantitative estimate of drug-likeness (QED) is 0.568. The molecule has 0 radical (unpaired) electrons. The van der Waals surface area contributed by atoms with Gasteiger partial charge in [0.2, 0.25) is 5.91 Å². The van der Waals surface area contributed by atoms with E-state index >= 15 is 0 Å². The van der Waals surface area contributed by atoms with Crippen LogP contribution in [0.1, 0.15) is 56.0 Å². The van der Waals surface area contributed by atoms with Crippen molar-refractivity contribution in [3.05, 3.63) is 58.6 Å². The van der Waals surface area contributed by atoms with Gasteiger partial charge >= 0.3 is 5.97 Å². The number of hydrogen-bond acceptors (Lipinski definition) is 3. The predicted octanol–water partition coefficient (Wildman–Crippen LogP) is 5.52. The molecule has 0 aromatic heterocycles. The molecule has 2 aromatic rings. The smallest absolute Gasteiger partial charge is 0.335 e. The van der Waals surface area contributed by atoms with E-state index in [1.165, 1.54) is 12.1 Å². The highest BCUT2D eigenvalue weighted by molar-refractivity contribution is 6.30. The van der Waals surface area contributed by atoms with Gasteiger partial charge in [0.15, 0.2) is 0 Å². The Kier molecular flexibility index (Phi) is 7.46. The summed E-state index contributed by atoms with van der Waals surface area (Å²) in [6.07, 6.45) is 1.81. The number of benzene rings is 2. The van der Waals surface area contributed by atoms with E-state index in [2.05, 4.69) is 26.1 Å². The first-order valence-corrected chi connectivity index (χ1v) is 9.60. The number of ether oxygens (including phenoxy) is 1. The van der Waals surface area contributed by atoms with Gasteiger partial charge in [-0.1, -0.05) is 32.4 Å². The van der Waals surface area contributed by atoms with Gasteiger partial charge < -0.3 is 15.2 Å². The molecule has 0 aliphatic rings. The first kappa shape index (κ1) is 21.8. The van der Waals surface area contributed by atoms with Crippen LogP contribution < -0.4 is 10.1 Å². The molecule has 0 saturated heterocycles. The normalized spacial score (nSPS) is 11.1. The van der Waals surface area contributed by atoms with Gasteiger partial charge in [0, 0.05) is 22.7 Å². The second-order valence-corrected chi connectivity index (χ2v) is 8.06. The maximum Gasteiger partial charge on any atom is 0.335 e. The van der Waals surface area contributed by atoms with Gasteiger partial charge in [0.25, 0.3) is 0 Å². The standard InChI is InChI=1S/C22H26ClNO4/c1-22(2,3)18-14-16(23)9-12-19(18)28-13-5-4-6-20(25)24-17-10-7-15(8-11-17)21(26)27/h7-12,14H,4-6,13H2,1-3H3,(H,24,25)(H,26,27). The molecule has 0 spiro atoms. The van der Waals surface area contributed by atoms with Crippen molar-refractivity contribution < 1.29 is 19.4 Å². The molecule has 150 valence electrons. The average Bonchev–Trinajstić information content (AvgIpc) is 2.62. The van der Waals surface area contributed by atoms with E-state index < -0.39 is 5.97 Å². The number of halogens is 1. The molecule has 0 fully saturated rings. The summed E-state index contributed by atoms with van der Waals surface area (Å²) < 4.78 is 5.91. The number of amides is 1. The number of carbonyl (C=O) groups is 2.